The number of nitrogens with zero attached hydrogens (tertiary/aromatic N) is 2. The van der Waals surface area contributed by atoms with Crippen LogP contribution in [0.3, 0.4) is 0 Å². The minimum atomic E-state index is -0.183. The number of carbonyl (C=O) groups excluding carboxylic acids is 2. The summed E-state index contributed by atoms with van der Waals surface area (Å²) in [5.41, 5.74) is 1.40. The fourth-order valence-corrected chi connectivity index (χ4v) is 3.66. The van der Waals surface area contributed by atoms with E-state index in [1.54, 1.807) is 6.07 Å². The average molecular weight is 314 g/mol. The molecule has 3 atom stereocenters. The minimum Gasteiger partial charge on any atom is -0.460 e. The molecule has 120 valence electrons. The predicted octanol–water partition coefficient (Wildman–Crippen LogP) is 1.22. The first-order valence-corrected chi connectivity index (χ1v) is 7.83. The average Bonchev–Trinajstić information content (AvgIpc) is 3.10. The first kappa shape index (κ1) is 14.2. The second-order valence-corrected chi connectivity index (χ2v) is 6.30. The van der Waals surface area contributed by atoms with E-state index in [1.807, 2.05) is 0 Å². The molecule has 2 N–H and O–H groups in total. The van der Waals surface area contributed by atoms with Crippen LogP contribution < -0.4 is 10.6 Å². The van der Waals surface area contributed by atoms with Crippen LogP contribution in [0.4, 0.5) is 5.69 Å². The van der Waals surface area contributed by atoms with E-state index >= 15 is 0 Å². The topological polar surface area (TPSA) is 87.5 Å². The van der Waals surface area contributed by atoms with Crippen molar-refractivity contribution in [2.45, 2.75) is 18.9 Å². The molecule has 0 spiro atoms. The van der Waals surface area contributed by atoms with Gasteiger partial charge in [-0.1, -0.05) is 0 Å². The van der Waals surface area contributed by atoms with Crippen molar-refractivity contribution in [3.05, 3.63) is 24.2 Å². The van der Waals surface area contributed by atoms with Gasteiger partial charge in [0.2, 0.25) is 6.41 Å². The van der Waals surface area contributed by atoms with E-state index in [-0.39, 0.29) is 11.9 Å². The quantitative estimate of drug-likeness (QED) is 0.829. The van der Waals surface area contributed by atoms with Gasteiger partial charge in [-0.25, -0.2) is 4.98 Å². The zero-order valence-electron chi connectivity index (χ0n) is 12.6. The van der Waals surface area contributed by atoms with Crippen LogP contribution in [-0.2, 0) is 4.79 Å². The second-order valence-electron chi connectivity index (χ2n) is 6.30. The first-order chi connectivity index (χ1) is 11.2. The van der Waals surface area contributed by atoms with E-state index in [9.17, 15) is 9.59 Å². The van der Waals surface area contributed by atoms with Gasteiger partial charge in [-0.15, -0.1) is 0 Å². The Morgan fingerprint density at radius 2 is 2.35 bits per heavy atom. The zero-order chi connectivity index (χ0) is 15.8. The number of hydrogen-bond donors (Lipinski definition) is 2. The number of fused-ring (bicyclic) bond motifs is 3. The maximum absolute atomic E-state index is 12.5. The van der Waals surface area contributed by atoms with E-state index in [4.69, 9.17) is 4.42 Å². The summed E-state index contributed by atoms with van der Waals surface area (Å²) in [7, 11) is 0. The van der Waals surface area contributed by atoms with Crippen molar-refractivity contribution in [2.75, 3.05) is 25.0 Å². The molecule has 0 aromatic carbocycles. The molecule has 1 unspecified atom stereocenters. The minimum absolute atomic E-state index is 0.179. The van der Waals surface area contributed by atoms with Crippen LogP contribution in [0.25, 0.3) is 11.0 Å². The summed E-state index contributed by atoms with van der Waals surface area (Å²) < 4.78 is 5.30. The highest BCUT2D eigenvalue weighted by molar-refractivity contribution is 6.00. The number of nitrogens with one attached hydrogen (secondary N) is 2. The smallest absolute Gasteiger partial charge is 0.270 e. The van der Waals surface area contributed by atoms with Crippen LogP contribution >= 0.6 is 0 Å². The maximum atomic E-state index is 12.5. The normalized spacial score (nSPS) is 26.2. The van der Waals surface area contributed by atoms with E-state index in [1.165, 1.54) is 18.9 Å². The van der Waals surface area contributed by atoms with Crippen molar-refractivity contribution >= 4 is 29.0 Å². The first-order valence-electron chi connectivity index (χ1n) is 7.83. The van der Waals surface area contributed by atoms with Gasteiger partial charge in [-0.2, -0.15) is 0 Å². The van der Waals surface area contributed by atoms with Gasteiger partial charge < -0.3 is 20.0 Å². The molecule has 4 rings (SSSR count). The highest BCUT2D eigenvalue weighted by atomic mass is 16.3. The molecule has 2 aromatic heterocycles. The SMILES string of the molecule is O=CNc1coc2cnc(C(=O)N[C@@H]3C[C@@H]4CCN(C4)C3)cc12. The summed E-state index contributed by atoms with van der Waals surface area (Å²) in [5.74, 6) is 0.513. The highest BCUT2D eigenvalue weighted by Gasteiger charge is 2.33. The van der Waals surface area contributed by atoms with Gasteiger partial charge in [0.1, 0.15) is 12.0 Å². The lowest BCUT2D eigenvalue weighted by atomic mass is 9.97. The third-order valence-corrected chi connectivity index (χ3v) is 4.71. The highest BCUT2D eigenvalue weighted by Crippen LogP contribution is 2.27. The van der Waals surface area contributed by atoms with E-state index < -0.39 is 0 Å². The summed E-state index contributed by atoms with van der Waals surface area (Å²) in [6.45, 7) is 3.21. The summed E-state index contributed by atoms with van der Waals surface area (Å²) in [6.07, 6.45) is 5.79. The van der Waals surface area contributed by atoms with E-state index in [0.29, 0.717) is 34.7 Å². The van der Waals surface area contributed by atoms with Gasteiger partial charge in [0.05, 0.1) is 11.9 Å². The number of aromatic nitrogens is 1. The maximum Gasteiger partial charge on any atom is 0.270 e. The molecule has 2 bridgehead atoms. The molecule has 7 heteroatoms. The van der Waals surface area contributed by atoms with Crippen LogP contribution in [0.15, 0.2) is 22.9 Å². The Kier molecular flexibility index (Phi) is 3.49. The molecular formula is C16H18N4O3. The van der Waals surface area contributed by atoms with Crippen molar-refractivity contribution in [1.82, 2.24) is 15.2 Å². The zero-order valence-corrected chi connectivity index (χ0v) is 12.6. The lowest BCUT2D eigenvalue weighted by Crippen LogP contribution is -2.47. The predicted molar refractivity (Wildman–Crippen MR) is 84.1 cm³/mol. The number of anilines is 1. The van der Waals surface area contributed by atoms with Crippen molar-refractivity contribution in [3.8, 4) is 0 Å². The number of carbonyl (C=O) groups is 2. The number of pyridine rings is 1. The third kappa shape index (κ3) is 2.68. The molecule has 2 aliphatic heterocycles. The molecule has 0 aliphatic carbocycles. The molecule has 2 saturated heterocycles. The second kappa shape index (κ2) is 5.66. The van der Waals surface area contributed by atoms with Crippen molar-refractivity contribution < 1.29 is 14.0 Å². The van der Waals surface area contributed by atoms with Gasteiger partial charge >= 0.3 is 0 Å². The van der Waals surface area contributed by atoms with Crippen molar-refractivity contribution in [1.29, 1.82) is 0 Å². The fraction of sp³-hybridized carbons (Fsp3) is 0.438. The van der Waals surface area contributed by atoms with Gasteiger partial charge in [-0.05, 0) is 31.4 Å². The fourth-order valence-electron chi connectivity index (χ4n) is 3.66. The van der Waals surface area contributed by atoms with E-state index in [0.717, 1.165) is 26.1 Å². The van der Waals surface area contributed by atoms with Crippen molar-refractivity contribution in [2.24, 2.45) is 5.92 Å². The lowest BCUT2D eigenvalue weighted by Gasteiger charge is -2.30. The Morgan fingerprint density at radius 3 is 3.17 bits per heavy atom. The Hall–Kier alpha value is -2.41. The van der Waals surface area contributed by atoms with Gasteiger partial charge in [0.15, 0.2) is 5.58 Å². The Balaban J connectivity index is 1.52. The summed E-state index contributed by atoms with van der Waals surface area (Å²) in [5, 5.41) is 6.31. The van der Waals surface area contributed by atoms with Crippen LogP contribution in [0.1, 0.15) is 23.3 Å². The largest absolute Gasteiger partial charge is 0.460 e. The van der Waals surface area contributed by atoms with Gasteiger partial charge in [0.25, 0.3) is 5.91 Å². The summed E-state index contributed by atoms with van der Waals surface area (Å²) >= 11 is 0. The molecule has 23 heavy (non-hydrogen) atoms. The van der Waals surface area contributed by atoms with Crippen LogP contribution in [0.5, 0.6) is 0 Å². The van der Waals surface area contributed by atoms with Crippen LogP contribution in [0.2, 0.25) is 0 Å². The monoisotopic (exact) mass is 314 g/mol. The molecule has 2 fully saturated rings. The lowest BCUT2D eigenvalue weighted by molar-refractivity contribution is -0.105. The van der Waals surface area contributed by atoms with Gasteiger partial charge in [-0.3, -0.25) is 9.59 Å². The molecule has 7 nitrogen and oxygen atoms in total. The summed E-state index contributed by atoms with van der Waals surface area (Å²) in [6, 6.07) is 1.83. The van der Waals surface area contributed by atoms with Crippen LogP contribution in [0, 0.1) is 5.92 Å². The van der Waals surface area contributed by atoms with Crippen molar-refractivity contribution in [3.63, 3.8) is 0 Å². The molecule has 4 heterocycles. The number of hydrogen-bond acceptors (Lipinski definition) is 5. The number of piperidine rings is 1. The number of furan rings is 1. The molecule has 0 saturated carbocycles. The Labute approximate surface area is 133 Å². The molecule has 0 radical (unpaired) electrons. The number of amides is 2. The third-order valence-electron chi connectivity index (χ3n) is 4.71. The van der Waals surface area contributed by atoms with Gasteiger partial charge in [0, 0.05) is 24.5 Å². The molecule has 2 aromatic rings. The van der Waals surface area contributed by atoms with E-state index in [2.05, 4.69) is 20.5 Å². The molecular weight excluding hydrogens is 296 g/mol. The van der Waals surface area contributed by atoms with Crippen LogP contribution in [-0.4, -0.2) is 47.9 Å². The number of rotatable bonds is 4. The Morgan fingerprint density at radius 1 is 1.43 bits per heavy atom. The molecule has 2 amide bonds. The standard InChI is InChI=1S/C16H18N4O3/c21-9-18-14-8-23-15-5-17-13(4-12(14)15)16(22)19-11-3-10-1-2-20(6-10)7-11/h4-5,8-11H,1-3,6-7H2,(H,18,21)(H,19,22)/t10-,11+/m0/s1. The summed E-state index contributed by atoms with van der Waals surface area (Å²) in [4.78, 5) is 29.6. The Bertz CT molecular complexity index is 745. The molecule has 2 aliphatic rings.